The number of nitrogens with zero attached hydrogens (tertiary/aromatic N) is 1. The van der Waals surface area contributed by atoms with E-state index in [1.54, 1.807) is 5.56 Å². The molecule has 4 aromatic carbocycles. The quantitative estimate of drug-likeness (QED) is 0.107. The second kappa shape index (κ2) is 14.0. The molecule has 2 aromatic heterocycles. The fourth-order valence-electron chi connectivity index (χ4n) is 7.38. The van der Waals surface area contributed by atoms with Gasteiger partial charge in [0.2, 0.25) is 0 Å². The van der Waals surface area contributed by atoms with Crippen LogP contribution in [0, 0.1) is 16.9 Å². The molecule has 0 unspecified atom stereocenters. The second-order valence-electron chi connectivity index (χ2n) is 19.2. The minimum absolute atomic E-state index is 0. The normalized spacial score (nSPS) is 15.9. The van der Waals surface area contributed by atoms with Gasteiger partial charge in [-0.1, -0.05) is 137 Å². The molecule has 7 rings (SSSR count). The van der Waals surface area contributed by atoms with Crippen LogP contribution in [0.2, 0.25) is 0 Å². The van der Waals surface area contributed by atoms with Crippen LogP contribution in [0.15, 0.2) is 78.7 Å². The van der Waals surface area contributed by atoms with E-state index >= 15 is 0 Å². The molecule has 6 aromatic rings. The molecule has 1 radical (unpaired) electrons. The number of hydrogen-bond acceptors (Lipinski definition) is 4. The molecule has 5 heteroatoms. The van der Waals surface area contributed by atoms with E-state index in [-0.39, 0.29) is 53.3 Å². The van der Waals surface area contributed by atoms with Gasteiger partial charge in [0.25, 0.3) is 0 Å². The average molecular weight is 903 g/mol. The SMILES string of the molecule is CC(C)(C)C(=O)/C=C(\O)C(C)(C)C.CC(C)(C)c1cc(-c2nccc3cc4sc5c6c(ccc5c4cc23)C(C)(C)CCC6(C)C)[c-]c2ccccc12.[Ir]. The Kier molecular flexibility index (Phi) is 10.8. The minimum Gasteiger partial charge on any atom is -0.512 e. The van der Waals surface area contributed by atoms with Gasteiger partial charge in [0.05, 0.1) is 0 Å². The smallest absolute Gasteiger partial charge is 0.164 e. The first-order valence-electron chi connectivity index (χ1n) is 18.7. The molecular formula is C48H56IrNO2S-. The van der Waals surface area contributed by atoms with Gasteiger partial charge < -0.3 is 5.11 Å². The standard InChI is InChI=1S/C37H36NS.C11H20O2.Ir/c1-35(2,3)30-19-24(18-22-10-8-9-11-25(22)30)33-27-21-28-26-12-13-29-32(37(6,7)16-15-36(29,4)5)34(26)39-31(28)20-23(27)14-17-38-33;1-10(2,3)8(12)7-9(13)11(4,5)6;/h8-14,17,19-21H,15-16H2,1-7H3;7,12H,1-6H3;/q-1;;/b;8-7-;. The summed E-state index contributed by atoms with van der Waals surface area (Å²) in [5.74, 6) is 0.104. The number of aliphatic hydroxyl groups is 1. The summed E-state index contributed by atoms with van der Waals surface area (Å²) in [7, 11) is 0. The van der Waals surface area contributed by atoms with Crippen molar-refractivity contribution in [1.82, 2.24) is 4.98 Å². The third-order valence-corrected chi connectivity index (χ3v) is 12.1. The molecule has 1 N–H and O–H groups in total. The number of pyridine rings is 1. The summed E-state index contributed by atoms with van der Waals surface area (Å²) in [5, 5.41) is 17.2. The molecule has 0 spiro atoms. The van der Waals surface area contributed by atoms with Gasteiger partial charge in [-0.3, -0.25) is 9.78 Å². The van der Waals surface area contributed by atoms with Gasteiger partial charge in [-0.05, 0) is 63.1 Å². The molecule has 3 nitrogen and oxygen atoms in total. The van der Waals surface area contributed by atoms with E-state index in [4.69, 9.17) is 4.98 Å². The van der Waals surface area contributed by atoms with Crippen LogP contribution >= 0.6 is 11.3 Å². The van der Waals surface area contributed by atoms with Gasteiger partial charge in [0.1, 0.15) is 5.76 Å². The van der Waals surface area contributed by atoms with Crippen LogP contribution in [-0.4, -0.2) is 15.9 Å². The molecule has 0 saturated heterocycles. The Hall–Kier alpha value is -3.37. The number of carbonyl (C=O) groups excluding carboxylic acids is 1. The number of carbonyl (C=O) groups is 1. The van der Waals surface area contributed by atoms with Crippen molar-refractivity contribution in [3.8, 4) is 11.3 Å². The summed E-state index contributed by atoms with van der Waals surface area (Å²) >= 11 is 1.98. The zero-order valence-electron chi connectivity index (χ0n) is 33.9. The number of fused-ring (bicyclic) bond motifs is 7. The van der Waals surface area contributed by atoms with E-state index in [1.807, 2.05) is 59.1 Å². The summed E-state index contributed by atoms with van der Waals surface area (Å²) < 4.78 is 2.83. The molecule has 1 aliphatic rings. The van der Waals surface area contributed by atoms with Crippen LogP contribution in [0.25, 0.3) is 53.0 Å². The largest absolute Gasteiger partial charge is 0.512 e. The number of aliphatic hydroxyl groups excluding tert-OH is 1. The van der Waals surface area contributed by atoms with E-state index in [0.29, 0.717) is 0 Å². The number of thiophene rings is 1. The molecule has 281 valence electrons. The van der Waals surface area contributed by atoms with Gasteiger partial charge in [0, 0.05) is 69.1 Å². The minimum atomic E-state index is -0.417. The Balaban J connectivity index is 0.000000334. The predicted octanol–water partition coefficient (Wildman–Crippen LogP) is 14.0. The fourth-order valence-corrected chi connectivity index (χ4v) is 8.84. The van der Waals surface area contributed by atoms with Crippen molar-refractivity contribution in [2.24, 2.45) is 10.8 Å². The second-order valence-corrected chi connectivity index (χ2v) is 20.3. The van der Waals surface area contributed by atoms with Gasteiger partial charge in [-0.2, -0.15) is 0 Å². The molecule has 0 amide bonds. The van der Waals surface area contributed by atoms with Crippen molar-refractivity contribution in [2.75, 3.05) is 0 Å². The van der Waals surface area contributed by atoms with Crippen LogP contribution in [0.5, 0.6) is 0 Å². The molecule has 0 fully saturated rings. The van der Waals surface area contributed by atoms with Crippen LogP contribution in [0.4, 0.5) is 0 Å². The molecule has 1 aliphatic carbocycles. The first-order valence-corrected chi connectivity index (χ1v) is 19.5. The van der Waals surface area contributed by atoms with Crippen molar-refractivity contribution in [1.29, 1.82) is 0 Å². The Labute approximate surface area is 334 Å². The van der Waals surface area contributed by atoms with Crippen molar-refractivity contribution < 1.29 is 30.0 Å². The number of aromatic nitrogens is 1. The Morgan fingerprint density at radius 1 is 0.792 bits per heavy atom. The molecular weight excluding hydrogens is 847 g/mol. The monoisotopic (exact) mass is 903 g/mol. The number of hydrogen-bond donors (Lipinski definition) is 1. The number of ketones is 1. The molecule has 2 heterocycles. The summed E-state index contributed by atoms with van der Waals surface area (Å²) in [5.41, 5.74) is 6.18. The number of rotatable bonds is 2. The van der Waals surface area contributed by atoms with E-state index in [1.165, 1.54) is 66.4 Å². The first-order chi connectivity index (χ1) is 24.0. The van der Waals surface area contributed by atoms with Crippen molar-refractivity contribution in [2.45, 2.75) is 119 Å². The summed E-state index contributed by atoms with van der Waals surface area (Å²) in [6.45, 7) is 27.7. The summed E-state index contributed by atoms with van der Waals surface area (Å²) in [4.78, 5) is 16.4. The van der Waals surface area contributed by atoms with Crippen LogP contribution in [0.3, 0.4) is 0 Å². The van der Waals surface area contributed by atoms with E-state index in [2.05, 4.69) is 115 Å². The Morgan fingerprint density at radius 2 is 1.45 bits per heavy atom. The zero-order chi connectivity index (χ0) is 38.2. The maximum Gasteiger partial charge on any atom is 0.164 e. The summed E-state index contributed by atoms with van der Waals surface area (Å²) in [6.07, 6.45) is 5.76. The maximum atomic E-state index is 11.5. The van der Waals surface area contributed by atoms with Gasteiger partial charge in [-0.25, -0.2) is 0 Å². The topological polar surface area (TPSA) is 50.2 Å². The van der Waals surface area contributed by atoms with Crippen LogP contribution in [0.1, 0.15) is 120 Å². The molecule has 0 bridgehead atoms. The van der Waals surface area contributed by atoms with Crippen molar-refractivity contribution in [3.05, 3.63) is 101 Å². The molecule has 0 saturated carbocycles. The average Bonchev–Trinajstić information content (AvgIpc) is 3.41. The van der Waals surface area contributed by atoms with E-state index in [0.717, 1.165) is 16.6 Å². The van der Waals surface area contributed by atoms with Crippen LogP contribution < -0.4 is 0 Å². The van der Waals surface area contributed by atoms with Crippen molar-refractivity contribution in [3.63, 3.8) is 0 Å². The first kappa shape index (κ1) is 40.8. The van der Waals surface area contributed by atoms with Gasteiger partial charge in [-0.15, -0.1) is 40.5 Å². The van der Waals surface area contributed by atoms with Crippen LogP contribution in [-0.2, 0) is 41.1 Å². The Bertz CT molecular complexity index is 2390. The third kappa shape index (κ3) is 7.91. The van der Waals surface area contributed by atoms with E-state index in [9.17, 15) is 9.90 Å². The zero-order valence-corrected chi connectivity index (χ0v) is 37.1. The Morgan fingerprint density at radius 3 is 2.09 bits per heavy atom. The third-order valence-electron chi connectivity index (χ3n) is 10.9. The fraction of sp³-hybridized carbons (Fsp3) is 0.417. The van der Waals surface area contributed by atoms with Gasteiger partial charge in [0.15, 0.2) is 5.78 Å². The number of benzene rings is 4. The predicted molar refractivity (Wildman–Crippen MR) is 225 cm³/mol. The van der Waals surface area contributed by atoms with Crippen molar-refractivity contribution >= 4 is 58.8 Å². The van der Waals surface area contributed by atoms with E-state index < -0.39 is 5.41 Å². The maximum absolute atomic E-state index is 11.5. The molecule has 0 aliphatic heterocycles. The molecule has 53 heavy (non-hydrogen) atoms. The summed E-state index contributed by atoms with van der Waals surface area (Å²) in [6, 6.07) is 26.4. The molecule has 0 atom stereocenters. The number of allylic oxidation sites excluding steroid dienone is 2. The van der Waals surface area contributed by atoms with Gasteiger partial charge >= 0.3 is 0 Å².